The van der Waals surface area contributed by atoms with Gasteiger partial charge in [-0.05, 0) is 115 Å². The third kappa shape index (κ3) is 7.48. The third-order valence-electron chi connectivity index (χ3n) is 10.5. The molecule has 4 aromatic rings. The van der Waals surface area contributed by atoms with E-state index in [-0.39, 0.29) is 17.7 Å². The molecule has 7 heteroatoms. The molecule has 1 saturated heterocycles. The fourth-order valence-corrected chi connectivity index (χ4v) is 7.90. The van der Waals surface area contributed by atoms with Crippen molar-refractivity contribution < 1.29 is 24.2 Å². The van der Waals surface area contributed by atoms with Crippen LogP contribution in [0.3, 0.4) is 0 Å². The average Bonchev–Trinajstić information content (AvgIpc) is 3.45. The lowest BCUT2D eigenvalue weighted by Gasteiger charge is -2.34. The van der Waals surface area contributed by atoms with E-state index in [9.17, 15) is 14.7 Å². The van der Waals surface area contributed by atoms with Gasteiger partial charge in [-0.15, -0.1) is 0 Å². The van der Waals surface area contributed by atoms with E-state index in [4.69, 9.17) is 9.47 Å². The van der Waals surface area contributed by atoms with Crippen LogP contribution in [0.2, 0.25) is 0 Å². The first-order valence-corrected chi connectivity index (χ1v) is 18.0. The standard InChI is InChI=1S/C43H46N2O5/c1-29-11-22-40(42(47)44-29)45-28-34-26-30(12-19-39(34)43(45)48)8-5-6-23-49-24-7-25-50-36-17-13-32(14-18-36)41-37(31-9-3-2-4-10-31)20-15-33-27-35(46)16-21-38(33)41/h2-4,9-10,12-14,16-19,21,26-27,37,40-41,46H,1,5-8,11,15,20,22-25,28H2,(H,44,47)/t37-,40+,41+/m1/s1. The number of fused-ring (bicyclic) bond motifs is 2. The molecule has 0 saturated carbocycles. The Morgan fingerprint density at radius 3 is 2.44 bits per heavy atom. The van der Waals surface area contributed by atoms with Crippen LogP contribution in [0.4, 0.5) is 0 Å². The van der Waals surface area contributed by atoms with Gasteiger partial charge in [-0.25, -0.2) is 0 Å². The molecule has 1 fully saturated rings. The number of ether oxygens (including phenoxy) is 2. The van der Waals surface area contributed by atoms with E-state index in [0.29, 0.717) is 56.4 Å². The van der Waals surface area contributed by atoms with E-state index in [1.807, 2.05) is 24.3 Å². The predicted molar refractivity (Wildman–Crippen MR) is 194 cm³/mol. The van der Waals surface area contributed by atoms with Crippen LogP contribution >= 0.6 is 0 Å². The van der Waals surface area contributed by atoms with E-state index in [1.165, 1.54) is 27.8 Å². The van der Waals surface area contributed by atoms with Crippen LogP contribution < -0.4 is 10.1 Å². The van der Waals surface area contributed by atoms with Gasteiger partial charge in [-0.1, -0.05) is 67.2 Å². The van der Waals surface area contributed by atoms with Crippen molar-refractivity contribution in [1.29, 1.82) is 0 Å². The molecule has 7 nitrogen and oxygen atoms in total. The van der Waals surface area contributed by atoms with E-state index in [1.54, 1.807) is 4.90 Å². The minimum Gasteiger partial charge on any atom is -0.508 e. The monoisotopic (exact) mass is 670 g/mol. The number of amides is 2. The van der Waals surface area contributed by atoms with Gasteiger partial charge in [0, 0.05) is 43.4 Å². The number of hydrogen-bond donors (Lipinski definition) is 2. The lowest BCUT2D eigenvalue weighted by atomic mass is 9.69. The number of nitrogens with one attached hydrogen (secondary N) is 1. The first-order chi connectivity index (χ1) is 24.4. The molecule has 0 bridgehead atoms. The van der Waals surface area contributed by atoms with E-state index in [0.717, 1.165) is 55.5 Å². The number of allylic oxidation sites excluding steroid dienone is 1. The minimum atomic E-state index is -0.428. The zero-order valence-corrected chi connectivity index (χ0v) is 28.6. The Labute approximate surface area is 294 Å². The molecule has 50 heavy (non-hydrogen) atoms. The summed E-state index contributed by atoms with van der Waals surface area (Å²) in [6.45, 7) is 6.28. The minimum absolute atomic E-state index is 0.0567. The van der Waals surface area contributed by atoms with Gasteiger partial charge in [0.2, 0.25) is 5.91 Å². The molecule has 2 N–H and O–H groups in total. The van der Waals surface area contributed by atoms with Gasteiger partial charge in [-0.2, -0.15) is 0 Å². The Hall–Kier alpha value is -4.88. The Balaban J connectivity index is 0.826. The summed E-state index contributed by atoms with van der Waals surface area (Å²) in [4.78, 5) is 27.2. The van der Waals surface area contributed by atoms with Crippen molar-refractivity contribution in [2.75, 3.05) is 19.8 Å². The average molecular weight is 671 g/mol. The number of phenolic OH excluding ortho intramolecular Hbond substituents is 1. The van der Waals surface area contributed by atoms with Crippen LogP contribution in [0.15, 0.2) is 103 Å². The maximum Gasteiger partial charge on any atom is 0.255 e. The molecule has 0 unspecified atom stereocenters. The molecule has 258 valence electrons. The fourth-order valence-electron chi connectivity index (χ4n) is 7.90. The molecule has 1 aliphatic carbocycles. The predicted octanol–water partition coefficient (Wildman–Crippen LogP) is 7.81. The van der Waals surface area contributed by atoms with Crippen molar-refractivity contribution >= 4 is 11.8 Å². The summed E-state index contributed by atoms with van der Waals surface area (Å²) in [7, 11) is 0. The second-order valence-corrected chi connectivity index (χ2v) is 13.8. The summed E-state index contributed by atoms with van der Waals surface area (Å²) >= 11 is 0. The van der Waals surface area contributed by atoms with Crippen LogP contribution in [0, 0.1) is 0 Å². The molecular weight excluding hydrogens is 624 g/mol. The highest BCUT2D eigenvalue weighted by Gasteiger charge is 2.38. The number of carbonyl (C=O) groups is 2. The molecule has 3 atom stereocenters. The molecule has 2 amide bonds. The first kappa shape index (κ1) is 33.6. The third-order valence-corrected chi connectivity index (χ3v) is 10.5. The number of rotatable bonds is 13. The van der Waals surface area contributed by atoms with Crippen LogP contribution in [-0.2, 0) is 28.9 Å². The Morgan fingerprint density at radius 2 is 1.62 bits per heavy atom. The van der Waals surface area contributed by atoms with Crippen molar-refractivity contribution in [3.8, 4) is 11.5 Å². The fraction of sp³-hybridized carbons (Fsp3) is 0.349. The molecule has 0 aromatic heterocycles. The number of nitrogens with zero attached hydrogens (tertiary/aromatic N) is 1. The van der Waals surface area contributed by atoms with Crippen molar-refractivity contribution in [3.63, 3.8) is 0 Å². The number of carbonyl (C=O) groups excluding carboxylic acids is 2. The first-order valence-electron chi connectivity index (χ1n) is 18.0. The smallest absolute Gasteiger partial charge is 0.255 e. The Kier molecular flexibility index (Phi) is 10.3. The summed E-state index contributed by atoms with van der Waals surface area (Å²) in [6.07, 6.45) is 7.03. The number of piperidine rings is 1. The molecule has 0 radical (unpaired) electrons. The highest BCUT2D eigenvalue weighted by Crippen LogP contribution is 2.47. The van der Waals surface area contributed by atoms with E-state index >= 15 is 0 Å². The normalized spacial score (nSPS) is 20.0. The number of aryl methyl sites for hydroxylation is 2. The summed E-state index contributed by atoms with van der Waals surface area (Å²) in [6, 6.07) is 30.8. The van der Waals surface area contributed by atoms with Crippen molar-refractivity contribution in [2.45, 2.75) is 75.8 Å². The number of aromatic hydroxyl groups is 1. The summed E-state index contributed by atoms with van der Waals surface area (Å²) in [5.41, 5.74) is 8.79. The molecule has 3 aliphatic rings. The lowest BCUT2D eigenvalue weighted by Crippen LogP contribution is -2.49. The number of hydrogen-bond acceptors (Lipinski definition) is 5. The molecule has 2 heterocycles. The van der Waals surface area contributed by atoms with E-state index in [2.05, 4.69) is 78.6 Å². The quantitative estimate of drug-likeness (QED) is 0.142. The molecular formula is C43H46N2O5. The zero-order valence-electron chi connectivity index (χ0n) is 28.6. The second-order valence-electron chi connectivity index (χ2n) is 13.8. The van der Waals surface area contributed by atoms with Crippen LogP contribution in [0.25, 0.3) is 0 Å². The number of unbranched alkanes of at least 4 members (excludes halogenated alkanes) is 1. The van der Waals surface area contributed by atoms with Crippen LogP contribution in [-0.4, -0.2) is 47.7 Å². The van der Waals surface area contributed by atoms with Gasteiger partial charge in [-0.3, -0.25) is 9.59 Å². The van der Waals surface area contributed by atoms with Gasteiger partial charge in [0.05, 0.1) is 6.61 Å². The summed E-state index contributed by atoms with van der Waals surface area (Å²) < 4.78 is 12.0. The molecule has 0 spiro atoms. The van der Waals surface area contributed by atoms with Crippen molar-refractivity contribution in [3.05, 3.63) is 142 Å². The highest BCUT2D eigenvalue weighted by atomic mass is 16.5. The van der Waals surface area contributed by atoms with Crippen molar-refractivity contribution in [2.24, 2.45) is 0 Å². The molecule has 2 aliphatic heterocycles. The maximum absolute atomic E-state index is 13.0. The van der Waals surface area contributed by atoms with Gasteiger partial charge in [0.25, 0.3) is 5.91 Å². The topological polar surface area (TPSA) is 88.1 Å². The van der Waals surface area contributed by atoms with Gasteiger partial charge in [0.15, 0.2) is 0 Å². The van der Waals surface area contributed by atoms with Crippen LogP contribution in [0.1, 0.15) is 94.1 Å². The van der Waals surface area contributed by atoms with E-state index < -0.39 is 6.04 Å². The molecule has 7 rings (SSSR count). The van der Waals surface area contributed by atoms with Gasteiger partial charge in [0.1, 0.15) is 17.5 Å². The maximum atomic E-state index is 13.0. The number of benzene rings is 4. The number of phenols is 1. The molecule has 4 aromatic carbocycles. The van der Waals surface area contributed by atoms with Crippen molar-refractivity contribution in [1.82, 2.24) is 10.2 Å². The zero-order chi connectivity index (χ0) is 34.5. The summed E-state index contributed by atoms with van der Waals surface area (Å²) in [5, 5.41) is 12.9. The second kappa shape index (κ2) is 15.3. The van der Waals surface area contributed by atoms with Gasteiger partial charge < -0.3 is 24.8 Å². The SMILES string of the molecule is C=C1CC[C@H](N2Cc3cc(CCCCOCCCOc4ccc([C@@H]5c6ccc(O)cc6CC[C@@H]5c5ccccc5)cc4)ccc3C2=O)C(=O)N1. The highest BCUT2D eigenvalue weighted by molar-refractivity contribution is 6.01. The lowest BCUT2D eigenvalue weighted by molar-refractivity contribution is -0.126. The largest absolute Gasteiger partial charge is 0.508 e. The Bertz CT molecular complexity index is 1840. The Morgan fingerprint density at radius 1 is 0.800 bits per heavy atom. The summed E-state index contributed by atoms with van der Waals surface area (Å²) in [5.74, 6) is 1.60. The van der Waals surface area contributed by atoms with Gasteiger partial charge >= 0.3 is 0 Å². The van der Waals surface area contributed by atoms with Crippen LogP contribution in [0.5, 0.6) is 11.5 Å².